The molecule has 166 valence electrons. The second kappa shape index (κ2) is 8.90. The lowest BCUT2D eigenvalue weighted by Gasteiger charge is -2.36. The van der Waals surface area contributed by atoms with Crippen LogP contribution >= 0.6 is 15.9 Å². The number of esters is 1. The van der Waals surface area contributed by atoms with Crippen LogP contribution in [0.5, 0.6) is 11.5 Å². The summed E-state index contributed by atoms with van der Waals surface area (Å²) in [5.74, 6) is -1.55. The van der Waals surface area contributed by atoms with Crippen LogP contribution in [-0.4, -0.2) is 36.8 Å². The molecule has 3 atom stereocenters. The van der Waals surface area contributed by atoms with Crippen molar-refractivity contribution in [3.63, 3.8) is 0 Å². The van der Waals surface area contributed by atoms with Gasteiger partial charge in [0, 0.05) is 29.3 Å². The number of ether oxygens (including phenoxy) is 2. The molecular formula is C25H24BrNO5. The molecule has 4 rings (SSSR count). The number of halogens is 1. The van der Waals surface area contributed by atoms with Crippen molar-refractivity contribution >= 4 is 33.4 Å². The van der Waals surface area contributed by atoms with Crippen molar-refractivity contribution in [1.29, 1.82) is 0 Å². The van der Waals surface area contributed by atoms with Crippen molar-refractivity contribution in [2.24, 2.45) is 10.9 Å². The largest absolute Gasteiger partial charge is 0.503 e. The summed E-state index contributed by atoms with van der Waals surface area (Å²) in [6, 6.07) is 13.3. The number of allylic oxidation sites excluding steroid dienone is 2. The molecule has 1 aliphatic heterocycles. The van der Waals surface area contributed by atoms with E-state index in [0.29, 0.717) is 39.9 Å². The Hall–Kier alpha value is -2.93. The highest BCUT2D eigenvalue weighted by Gasteiger charge is 2.45. The van der Waals surface area contributed by atoms with E-state index < -0.39 is 17.8 Å². The van der Waals surface area contributed by atoms with E-state index in [1.807, 2.05) is 30.3 Å². The number of carbonyl (C=O) groups is 2. The van der Waals surface area contributed by atoms with Crippen LogP contribution in [0.15, 0.2) is 63.2 Å². The number of aliphatic imine (C=N–C) groups is 1. The molecule has 1 unspecified atom stereocenters. The third-order valence-corrected chi connectivity index (χ3v) is 6.85. The highest BCUT2D eigenvalue weighted by Crippen LogP contribution is 2.49. The fraction of sp³-hybridized carbons (Fsp3) is 0.320. The highest BCUT2D eigenvalue weighted by molar-refractivity contribution is 9.10. The first-order chi connectivity index (χ1) is 15.3. The normalized spacial score (nSPS) is 22.8. The van der Waals surface area contributed by atoms with E-state index in [9.17, 15) is 14.7 Å². The Kier molecular flexibility index (Phi) is 6.20. The lowest BCUT2D eigenvalue weighted by molar-refractivity contribution is -0.143. The Morgan fingerprint density at radius 2 is 1.84 bits per heavy atom. The maximum Gasteiger partial charge on any atom is 0.315 e. The number of phenols is 1. The molecule has 0 spiro atoms. The van der Waals surface area contributed by atoms with Crippen LogP contribution in [0.1, 0.15) is 42.7 Å². The van der Waals surface area contributed by atoms with E-state index in [2.05, 4.69) is 15.9 Å². The summed E-state index contributed by atoms with van der Waals surface area (Å²) in [7, 11) is 2.79. The minimum absolute atomic E-state index is 0.0292. The molecule has 0 fully saturated rings. The van der Waals surface area contributed by atoms with Gasteiger partial charge in [0.15, 0.2) is 17.3 Å². The third kappa shape index (κ3) is 3.86. The molecule has 0 saturated carbocycles. The number of rotatable bonds is 4. The topological polar surface area (TPSA) is 85.2 Å². The number of methoxy groups -OCH3 is 2. The predicted molar refractivity (Wildman–Crippen MR) is 124 cm³/mol. The van der Waals surface area contributed by atoms with Gasteiger partial charge in [-0.1, -0.05) is 30.3 Å². The summed E-state index contributed by atoms with van der Waals surface area (Å²) < 4.78 is 10.8. The van der Waals surface area contributed by atoms with Crippen LogP contribution in [0.4, 0.5) is 0 Å². The number of benzene rings is 2. The van der Waals surface area contributed by atoms with Crippen LogP contribution in [0.25, 0.3) is 0 Å². The van der Waals surface area contributed by atoms with Crippen LogP contribution in [0.3, 0.4) is 0 Å². The first kappa shape index (κ1) is 22.3. The molecule has 2 aromatic carbocycles. The summed E-state index contributed by atoms with van der Waals surface area (Å²) in [6.45, 7) is 1.79. The van der Waals surface area contributed by atoms with Gasteiger partial charge in [0.2, 0.25) is 0 Å². The smallest absolute Gasteiger partial charge is 0.315 e. The molecule has 2 aliphatic rings. The van der Waals surface area contributed by atoms with Crippen LogP contribution in [-0.2, 0) is 14.3 Å². The fourth-order valence-electron chi connectivity index (χ4n) is 4.74. The number of phenolic OH excluding ortho intramolecular Hbond substituents is 1. The van der Waals surface area contributed by atoms with Gasteiger partial charge in [-0.25, -0.2) is 0 Å². The third-order valence-electron chi connectivity index (χ3n) is 6.24. The molecule has 7 heteroatoms. The van der Waals surface area contributed by atoms with Gasteiger partial charge in [0.1, 0.15) is 5.92 Å². The lowest BCUT2D eigenvalue weighted by atomic mass is 9.69. The molecule has 0 amide bonds. The van der Waals surface area contributed by atoms with Crippen molar-refractivity contribution in [1.82, 2.24) is 0 Å². The number of nitrogens with zero attached hydrogens (tertiary/aromatic N) is 1. The van der Waals surface area contributed by atoms with Gasteiger partial charge in [-0.05, 0) is 58.5 Å². The average Bonchev–Trinajstić information content (AvgIpc) is 2.79. The SMILES string of the molecule is COC(=O)C1C(C)=NC2=C(C(=O)C[C@@H](c3ccccc3)C2)[C@@H]1c1cc(Br)c(O)c(OC)c1. The van der Waals surface area contributed by atoms with Crippen molar-refractivity contribution in [3.05, 3.63) is 69.3 Å². The zero-order valence-electron chi connectivity index (χ0n) is 18.1. The molecule has 1 heterocycles. The molecule has 6 nitrogen and oxygen atoms in total. The van der Waals surface area contributed by atoms with Gasteiger partial charge in [0.05, 0.1) is 18.7 Å². The molecule has 1 N–H and O–H groups in total. The van der Waals surface area contributed by atoms with E-state index in [1.165, 1.54) is 14.2 Å². The van der Waals surface area contributed by atoms with E-state index in [0.717, 1.165) is 5.56 Å². The molecule has 0 radical (unpaired) electrons. The van der Waals surface area contributed by atoms with Gasteiger partial charge in [-0.15, -0.1) is 0 Å². The minimum Gasteiger partial charge on any atom is -0.503 e. The van der Waals surface area contributed by atoms with Crippen molar-refractivity contribution < 1.29 is 24.2 Å². The fourth-order valence-corrected chi connectivity index (χ4v) is 5.20. The average molecular weight is 498 g/mol. The molecule has 32 heavy (non-hydrogen) atoms. The van der Waals surface area contributed by atoms with Gasteiger partial charge >= 0.3 is 5.97 Å². The summed E-state index contributed by atoms with van der Waals surface area (Å²) in [4.78, 5) is 31.0. The molecule has 0 bridgehead atoms. The summed E-state index contributed by atoms with van der Waals surface area (Å²) >= 11 is 3.36. The number of Topliss-reactive ketones (excluding diaryl/α,β-unsaturated/α-hetero) is 1. The molecular weight excluding hydrogens is 474 g/mol. The Bertz CT molecular complexity index is 1140. The number of aromatic hydroxyl groups is 1. The maximum atomic E-state index is 13.5. The van der Waals surface area contributed by atoms with Crippen molar-refractivity contribution in [2.45, 2.75) is 31.6 Å². The summed E-state index contributed by atoms with van der Waals surface area (Å²) in [5.41, 5.74) is 3.63. The van der Waals surface area contributed by atoms with Crippen LogP contribution in [0, 0.1) is 5.92 Å². The number of ketones is 1. The van der Waals surface area contributed by atoms with Gasteiger partial charge in [-0.2, -0.15) is 0 Å². The number of hydrogen-bond acceptors (Lipinski definition) is 6. The first-order valence-electron chi connectivity index (χ1n) is 10.4. The molecule has 2 aromatic rings. The lowest BCUT2D eigenvalue weighted by Crippen LogP contribution is -2.37. The Labute approximate surface area is 195 Å². The standard InChI is InChI=1S/C25H24BrNO5/c1-13-21(25(30)32-3)22(16-9-17(26)24(29)20(12-16)31-2)23-18(27-13)10-15(11-19(23)28)14-7-5-4-6-8-14/h4-9,12,15,21-22,29H,10-11H2,1-3H3/t15-,21?,22+/m0/s1. The zero-order valence-corrected chi connectivity index (χ0v) is 19.7. The Morgan fingerprint density at radius 1 is 1.12 bits per heavy atom. The number of hydrogen-bond donors (Lipinski definition) is 1. The maximum absolute atomic E-state index is 13.5. The van der Waals surface area contributed by atoms with Crippen molar-refractivity contribution in [3.8, 4) is 11.5 Å². The molecule has 0 saturated heterocycles. The van der Waals surface area contributed by atoms with E-state index >= 15 is 0 Å². The van der Waals surface area contributed by atoms with Crippen molar-refractivity contribution in [2.75, 3.05) is 14.2 Å². The van der Waals surface area contributed by atoms with E-state index in [1.54, 1.807) is 19.1 Å². The van der Waals surface area contributed by atoms with E-state index in [4.69, 9.17) is 14.5 Å². The number of carbonyl (C=O) groups excluding carboxylic acids is 2. The second-order valence-corrected chi connectivity index (χ2v) is 8.94. The quantitative estimate of drug-likeness (QED) is 0.606. The minimum atomic E-state index is -0.739. The molecule has 0 aromatic heterocycles. The highest BCUT2D eigenvalue weighted by atomic mass is 79.9. The Balaban J connectivity index is 1.87. The zero-order chi connectivity index (χ0) is 23.0. The van der Waals surface area contributed by atoms with Gasteiger partial charge < -0.3 is 14.6 Å². The summed E-state index contributed by atoms with van der Waals surface area (Å²) in [5, 5.41) is 10.3. The molecule has 1 aliphatic carbocycles. The van der Waals surface area contributed by atoms with Crippen LogP contribution in [0.2, 0.25) is 0 Å². The van der Waals surface area contributed by atoms with Gasteiger partial charge in [-0.3, -0.25) is 14.6 Å². The predicted octanol–water partition coefficient (Wildman–Crippen LogP) is 4.91. The second-order valence-electron chi connectivity index (χ2n) is 8.08. The monoisotopic (exact) mass is 497 g/mol. The van der Waals surface area contributed by atoms with Gasteiger partial charge in [0.25, 0.3) is 0 Å². The first-order valence-corrected chi connectivity index (χ1v) is 11.2. The van der Waals surface area contributed by atoms with E-state index in [-0.39, 0.29) is 23.2 Å². The van der Waals surface area contributed by atoms with Crippen LogP contribution < -0.4 is 4.74 Å². The Morgan fingerprint density at radius 3 is 2.50 bits per heavy atom. The summed E-state index contributed by atoms with van der Waals surface area (Å²) in [6.07, 6.45) is 0.960.